The first-order valence-electron chi connectivity index (χ1n) is 10.7. The Morgan fingerprint density at radius 1 is 0.750 bits per heavy atom. The standard InChI is InChI=1S/C27H28O4Si/c1-22(2)27(29)30-21-13-12-20-26(28)31-32(23-14-6-3-7-15-23,24-16-8-4-9-17-24)25-18-10-5-11-19-25/h3-11,14-19H,1,12-13,20-21H2,2H3. The highest BCUT2D eigenvalue weighted by Crippen LogP contribution is 2.12. The molecule has 164 valence electrons. The van der Waals surface area contributed by atoms with Crippen LogP contribution in [-0.2, 0) is 18.8 Å². The van der Waals surface area contributed by atoms with Crippen LogP contribution in [0.1, 0.15) is 26.2 Å². The van der Waals surface area contributed by atoms with Crippen LogP contribution in [0.3, 0.4) is 0 Å². The van der Waals surface area contributed by atoms with Crippen molar-refractivity contribution in [3.05, 3.63) is 103 Å². The smallest absolute Gasteiger partial charge is 0.350 e. The predicted molar refractivity (Wildman–Crippen MR) is 130 cm³/mol. The van der Waals surface area contributed by atoms with Crippen molar-refractivity contribution in [3.63, 3.8) is 0 Å². The summed E-state index contributed by atoms with van der Waals surface area (Å²) in [5.74, 6) is -0.657. The number of ether oxygens (including phenoxy) is 1. The van der Waals surface area contributed by atoms with Crippen molar-refractivity contribution in [2.75, 3.05) is 6.61 Å². The second-order valence-corrected chi connectivity index (χ2v) is 10.9. The Labute approximate surface area is 190 Å². The first-order valence-corrected chi connectivity index (χ1v) is 12.7. The molecule has 5 heteroatoms. The molecular weight excluding hydrogens is 416 g/mol. The van der Waals surface area contributed by atoms with Gasteiger partial charge in [-0.2, -0.15) is 0 Å². The molecule has 32 heavy (non-hydrogen) atoms. The topological polar surface area (TPSA) is 52.6 Å². The molecule has 0 heterocycles. The van der Waals surface area contributed by atoms with E-state index in [0.717, 1.165) is 15.6 Å². The number of hydrogen-bond donors (Lipinski definition) is 0. The zero-order chi connectivity index (χ0) is 22.8. The van der Waals surface area contributed by atoms with Gasteiger partial charge < -0.3 is 9.16 Å². The Hall–Kier alpha value is -3.44. The summed E-state index contributed by atoms with van der Waals surface area (Å²) >= 11 is 0. The number of benzene rings is 3. The molecule has 0 radical (unpaired) electrons. The van der Waals surface area contributed by atoms with E-state index in [2.05, 4.69) is 6.58 Å². The summed E-state index contributed by atoms with van der Waals surface area (Å²) in [6.45, 7) is 5.44. The molecule has 4 nitrogen and oxygen atoms in total. The third-order valence-electron chi connectivity index (χ3n) is 5.16. The fourth-order valence-electron chi connectivity index (χ4n) is 3.58. The molecule has 0 aliphatic heterocycles. The average Bonchev–Trinajstić information content (AvgIpc) is 2.83. The van der Waals surface area contributed by atoms with Gasteiger partial charge >= 0.3 is 14.3 Å². The van der Waals surface area contributed by atoms with Crippen molar-refractivity contribution in [1.82, 2.24) is 0 Å². The van der Waals surface area contributed by atoms with Crippen molar-refractivity contribution >= 4 is 35.8 Å². The summed E-state index contributed by atoms with van der Waals surface area (Å²) in [5, 5.41) is 3.04. The molecule has 0 aromatic heterocycles. The number of carbonyl (C=O) groups excluding carboxylic acids is 2. The molecule has 0 fully saturated rings. The summed E-state index contributed by atoms with van der Waals surface area (Å²) in [4.78, 5) is 24.6. The van der Waals surface area contributed by atoms with Crippen molar-refractivity contribution in [3.8, 4) is 0 Å². The van der Waals surface area contributed by atoms with E-state index in [-0.39, 0.29) is 19.0 Å². The maximum atomic E-state index is 13.1. The van der Waals surface area contributed by atoms with Gasteiger partial charge in [0, 0.05) is 12.0 Å². The number of esters is 1. The lowest BCUT2D eigenvalue weighted by Gasteiger charge is -2.32. The van der Waals surface area contributed by atoms with E-state index < -0.39 is 14.3 Å². The van der Waals surface area contributed by atoms with Crippen LogP contribution in [0.15, 0.2) is 103 Å². The van der Waals surface area contributed by atoms with Crippen LogP contribution >= 0.6 is 0 Å². The van der Waals surface area contributed by atoms with Gasteiger partial charge in [0.25, 0.3) is 5.97 Å². The molecule has 0 aliphatic rings. The van der Waals surface area contributed by atoms with E-state index in [1.165, 1.54) is 0 Å². The fraction of sp³-hybridized carbons (Fsp3) is 0.185. The third kappa shape index (κ3) is 5.62. The Kier molecular flexibility index (Phi) is 8.17. The van der Waals surface area contributed by atoms with Crippen LogP contribution < -0.4 is 15.6 Å². The van der Waals surface area contributed by atoms with Gasteiger partial charge in [-0.05, 0) is 35.3 Å². The molecule has 0 spiro atoms. The number of carbonyl (C=O) groups is 2. The Bertz CT molecular complexity index is 936. The quantitative estimate of drug-likeness (QED) is 0.158. The number of rotatable bonds is 10. The van der Waals surface area contributed by atoms with Gasteiger partial charge in [0.05, 0.1) is 6.61 Å². The van der Waals surface area contributed by atoms with E-state index in [0.29, 0.717) is 18.4 Å². The van der Waals surface area contributed by atoms with Gasteiger partial charge in [0.15, 0.2) is 0 Å². The molecule has 0 amide bonds. The second kappa shape index (κ2) is 11.3. The number of hydrogen-bond acceptors (Lipinski definition) is 4. The molecule has 0 atom stereocenters. The first-order chi connectivity index (χ1) is 15.5. The molecule has 0 saturated carbocycles. The van der Waals surface area contributed by atoms with Crippen LogP contribution in [0, 0.1) is 0 Å². The summed E-state index contributed by atoms with van der Waals surface area (Å²) in [6.07, 6.45) is 1.42. The summed E-state index contributed by atoms with van der Waals surface area (Å²) in [6, 6.07) is 30.0. The van der Waals surface area contributed by atoms with Gasteiger partial charge in [0.1, 0.15) is 0 Å². The first kappa shape index (κ1) is 23.2. The minimum atomic E-state index is -3.03. The van der Waals surface area contributed by atoms with Crippen molar-refractivity contribution in [2.45, 2.75) is 26.2 Å². The molecular formula is C27H28O4Si. The molecule has 3 aromatic carbocycles. The van der Waals surface area contributed by atoms with E-state index in [1.807, 2.05) is 91.0 Å². The zero-order valence-electron chi connectivity index (χ0n) is 18.3. The highest BCUT2D eigenvalue weighted by molar-refractivity contribution is 7.07. The van der Waals surface area contributed by atoms with Gasteiger partial charge in [-0.15, -0.1) is 0 Å². The predicted octanol–water partition coefficient (Wildman–Crippen LogP) is 3.49. The molecule has 3 aromatic rings. The molecule has 0 aliphatic carbocycles. The zero-order valence-corrected chi connectivity index (χ0v) is 19.3. The second-order valence-electron chi connectivity index (χ2n) is 7.63. The fourth-order valence-corrected chi connectivity index (χ4v) is 7.36. The molecule has 0 N–H and O–H groups in total. The SMILES string of the molecule is C=C(C)C(=O)OCCCCC(=O)O[Si](c1ccccc1)(c1ccccc1)c1ccccc1. The van der Waals surface area contributed by atoms with E-state index in [1.54, 1.807) is 6.92 Å². The van der Waals surface area contributed by atoms with Gasteiger partial charge in [0.2, 0.25) is 0 Å². The summed E-state index contributed by atoms with van der Waals surface area (Å²) in [7, 11) is -3.03. The largest absolute Gasteiger partial charge is 0.506 e. The Balaban J connectivity index is 1.84. The highest BCUT2D eigenvalue weighted by atomic mass is 28.4. The van der Waals surface area contributed by atoms with Crippen LogP contribution in [0.4, 0.5) is 0 Å². The van der Waals surface area contributed by atoms with Gasteiger partial charge in [-0.3, -0.25) is 4.79 Å². The Morgan fingerprint density at radius 3 is 1.59 bits per heavy atom. The Morgan fingerprint density at radius 2 is 1.19 bits per heavy atom. The van der Waals surface area contributed by atoms with Crippen LogP contribution in [-0.4, -0.2) is 26.9 Å². The minimum absolute atomic E-state index is 0.251. The molecule has 0 saturated heterocycles. The van der Waals surface area contributed by atoms with Crippen LogP contribution in [0.5, 0.6) is 0 Å². The van der Waals surface area contributed by atoms with Crippen LogP contribution in [0.25, 0.3) is 0 Å². The van der Waals surface area contributed by atoms with Crippen LogP contribution in [0.2, 0.25) is 0 Å². The normalized spacial score (nSPS) is 10.9. The lowest BCUT2D eigenvalue weighted by atomic mass is 10.2. The number of unbranched alkanes of at least 4 members (excludes halogenated alkanes) is 1. The van der Waals surface area contributed by atoms with E-state index in [9.17, 15) is 9.59 Å². The maximum Gasteiger partial charge on any atom is 0.350 e. The van der Waals surface area contributed by atoms with E-state index in [4.69, 9.17) is 9.16 Å². The van der Waals surface area contributed by atoms with Crippen molar-refractivity contribution in [2.24, 2.45) is 0 Å². The molecule has 3 rings (SSSR count). The third-order valence-corrected chi connectivity index (χ3v) is 9.14. The lowest BCUT2D eigenvalue weighted by Crippen LogP contribution is -2.70. The average molecular weight is 445 g/mol. The highest BCUT2D eigenvalue weighted by Gasteiger charge is 2.45. The molecule has 0 bridgehead atoms. The molecule has 0 unspecified atom stereocenters. The summed E-state index contributed by atoms with van der Waals surface area (Å²) in [5.41, 5.74) is 0.369. The summed E-state index contributed by atoms with van der Waals surface area (Å²) < 4.78 is 11.6. The van der Waals surface area contributed by atoms with Gasteiger partial charge in [-0.1, -0.05) is 97.6 Å². The lowest BCUT2D eigenvalue weighted by molar-refractivity contribution is -0.139. The van der Waals surface area contributed by atoms with Crippen molar-refractivity contribution in [1.29, 1.82) is 0 Å². The maximum absolute atomic E-state index is 13.1. The minimum Gasteiger partial charge on any atom is -0.506 e. The van der Waals surface area contributed by atoms with Gasteiger partial charge in [-0.25, -0.2) is 4.79 Å². The van der Waals surface area contributed by atoms with Crippen molar-refractivity contribution < 1.29 is 18.8 Å². The van der Waals surface area contributed by atoms with E-state index >= 15 is 0 Å². The monoisotopic (exact) mass is 444 g/mol.